The Morgan fingerprint density at radius 3 is 1.47 bits per heavy atom. The number of rotatable bonds is 5. The van der Waals surface area contributed by atoms with Gasteiger partial charge in [-0.05, 0) is 54.6 Å². The van der Waals surface area contributed by atoms with E-state index in [1.807, 2.05) is 42.7 Å². The molecule has 12 aromatic rings. The summed E-state index contributed by atoms with van der Waals surface area (Å²) < 4.78 is 6.87. The molecule has 0 amide bonds. The molecule has 0 aliphatic carbocycles. The summed E-state index contributed by atoms with van der Waals surface area (Å²) in [6, 6.07) is 61.4. The third-order valence-corrected chi connectivity index (χ3v) is 11.2. The van der Waals surface area contributed by atoms with E-state index < -0.39 is 0 Å². The average molecular weight is 730 g/mol. The smallest absolute Gasteiger partial charge is 0.162 e. The Balaban J connectivity index is 1.25. The van der Waals surface area contributed by atoms with Crippen molar-refractivity contribution in [3.8, 4) is 39.8 Å². The number of fused-ring (bicyclic) bond motifs is 9. The van der Waals surface area contributed by atoms with Crippen molar-refractivity contribution >= 4 is 65.7 Å². The molecule has 0 bridgehead atoms. The lowest BCUT2D eigenvalue weighted by molar-refractivity contribution is 1.04. The molecule has 12 rings (SSSR count). The number of benzene rings is 6. The monoisotopic (exact) mass is 729 g/mol. The molecule has 0 unspecified atom stereocenters. The molecule has 6 heterocycles. The van der Waals surface area contributed by atoms with Gasteiger partial charge in [-0.25, -0.2) is 19.9 Å². The minimum Gasteiger partial charge on any atom is -0.294 e. The first-order valence-corrected chi connectivity index (χ1v) is 19.1. The predicted octanol–water partition coefficient (Wildman–Crippen LogP) is 11.9. The van der Waals surface area contributed by atoms with Gasteiger partial charge in [-0.3, -0.25) is 13.7 Å². The standard InChI is InChI=1S/C50H31N7/c1-2-15-32(16-3-1)48-53-40(31-46(54-48)55-41-24-8-4-17-33(41)34-18-5-9-25-42(34)55)39-21-12-28-45(56-43-26-10-6-19-35(43)37-22-13-29-51-49(37)56)47(39)57-44-27-11-7-20-36(44)38-23-14-30-52-50(38)57/h1-31H. The van der Waals surface area contributed by atoms with E-state index in [1.165, 1.54) is 10.8 Å². The van der Waals surface area contributed by atoms with Gasteiger partial charge in [0.2, 0.25) is 0 Å². The van der Waals surface area contributed by atoms with E-state index in [4.69, 9.17) is 19.9 Å². The molecule has 7 nitrogen and oxygen atoms in total. The molecule has 0 aliphatic rings. The van der Waals surface area contributed by atoms with Crippen LogP contribution in [0.2, 0.25) is 0 Å². The number of aromatic nitrogens is 7. The Bertz CT molecular complexity index is 3380. The zero-order chi connectivity index (χ0) is 37.5. The highest BCUT2D eigenvalue weighted by Gasteiger charge is 2.25. The fourth-order valence-electron chi connectivity index (χ4n) is 8.79. The summed E-state index contributed by atoms with van der Waals surface area (Å²) in [5.41, 5.74) is 10.6. The largest absolute Gasteiger partial charge is 0.294 e. The molecule has 6 aromatic heterocycles. The van der Waals surface area contributed by atoms with Crippen molar-refractivity contribution in [2.45, 2.75) is 0 Å². The van der Waals surface area contributed by atoms with E-state index in [2.05, 4.69) is 159 Å². The summed E-state index contributed by atoms with van der Waals surface area (Å²) in [6.45, 7) is 0. The average Bonchev–Trinajstić information content (AvgIpc) is 3.92. The molecule has 266 valence electrons. The van der Waals surface area contributed by atoms with Gasteiger partial charge in [-0.2, -0.15) is 0 Å². The summed E-state index contributed by atoms with van der Waals surface area (Å²) in [5.74, 6) is 1.42. The van der Waals surface area contributed by atoms with Crippen LogP contribution in [-0.2, 0) is 0 Å². The maximum Gasteiger partial charge on any atom is 0.162 e. The van der Waals surface area contributed by atoms with Crippen LogP contribution in [0.15, 0.2) is 188 Å². The van der Waals surface area contributed by atoms with Crippen LogP contribution >= 0.6 is 0 Å². The van der Waals surface area contributed by atoms with Gasteiger partial charge in [0.25, 0.3) is 0 Å². The molecule has 57 heavy (non-hydrogen) atoms. The molecule has 0 spiro atoms. The summed E-state index contributed by atoms with van der Waals surface area (Å²) in [4.78, 5) is 20.9. The normalized spacial score (nSPS) is 11.9. The van der Waals surface area contributed by atoms with E-state index in [1.54, 1.807) is 0 Å². The van der Waals surface area contributed by atoms with Gasteiger partial charge in [-0.15, -0.1) is 0 Å². The molecule has 6 aromatic carbocycles. The summed E-state index contributed by atoms with van der Waals surface area (Å²) in [7, 11) is 0. The van der Waals surface area contributed by atoms with Crippen LogP contribution in [-0.4, -0.2) is 33.6 Å². The lowest BCUT2D eigenvalue weighted by Gasteiger charge is -2.20. The van der Waals surface area contributed by atoms with Crippen LogP contribution in [0.25, 0.3) is 106 Å². The van der Waals surface area contributed by atoms with Crippen molar-refractivity contribution in [3.63, 3.8) is 0 Å². The molecule has 0 saturated heterocycles. The lowest BCUT2D eigenvalue weighted by Crippen LogP contribution is -2.08. The van der Waals surface area contributed by atoms with Crippen molar-refractivity contribution in [3.05, 3.63) is 188 Å². The van der Waals surface area contributed by atoms with E-state index >= 15 is 0 Å². The zero-order valence-electron chi connectivity index (χ0n) is 30.5. The van der Waals surface area contributed by atoms with Crippen molar-refractivity contribution < 1.29 is 0 Å². The van der Waals surface area contributed by atoms with Gasteiger partial charge in [0.05, 0.1) is 39.1 Å². The Morgan fingerprint density at radius 2 is 0.860 bits per heavy atom. The third-order valence-electron chi connectivity index (χ3n) is 11.2. The quantitative estimate of drug-likeness (QED) is 0.177. The fourth-order valence-corrected chi connectivity index (χ4v) is 8.79. The maximum atomic E-state index is 5.44. The van der Waals surface area contributed by atoms with Gasteiger partial charge in [0, 0.05) is 61.9 Å². The van der Waals surface area contributed by atoms with Crippen molar-refractivity contribution in [1.29, 1.82) is 0 Å². The first kappa shape index (κ1) is 31.5. The van der Waals surface area contributed by atoms with Gasteiger partial charge in [0.15, 0.2) is 5.82 Å². The molecular weight excluding hydrogens is 699 g/mol. The Kier molecular flexibility index (Phi) is 6.79. The van der Waals surface area contributed by atoms with E-state index in [0.29, 0.717) is 5.82 Å². The number of nitrogens with zero attached hydrogens (tertiary/aromatic N) is 7. The molecule has 0 atom stereocenters. The third kappa shape index (κ3) is 4.66. The van der Waals surface area contributed by atoms with Gasteiger partial charge < -0.3 is 0 Å². The second-order valence-corrected chi connectivity index (χ2v) is 14.3. The zero-order valence-corrected chi connectivity index (χ0v) is 30.5. The van der Waals surface area contributed by atoms with Crippen LogP contribution in [0, 0.1) is 0 Å². The Morgan fingerprint density at radius 1 is 0.368 bits per heavy atom. The SMILES string of the molecule is c1ccc(-c2nc(-c3cccc(-n4c5ccccc5c5cccnc54)c3-n3c4ccccc4c4cccnc43)cc(-n3c4ccccc4c4ccccc43)n2)cc1. The number of para-hydroxylation sites is 5. The summed E-state index contributed by atoms with van der Waals surface area (Å²) >= 11 is 0. The van der Waals surface area contributed by atoms with E-state index in [0.717, 1.165) is 88.9 Å². The van der Waals surface area contributed by atoms with Gasteiger partial charge in [0.1, 0.15) is 17.1 Å². The molecular formula is C50H31N7. The lowest BCUT2D eigenvalue weighted by atomic mass is 10.1. The Hall–Kier alpha value is -7.90. The molecule has 0 radical (unpaired) electrons. The van der Waals surface area contributed by atoms with E-state index in [9.17, 15) is 0 Å². The first-order chi connectivity index (χ1) is 28.3. The highest BCUT2D eigenvalue weighted by atomic mass is 15.1. The van der Waals surface area contributed by atoms with Crippen LogP contribution in [0.1, 0.15) is 0 Å². The minimum atomic E-state index is 0.639. The van der Waals surface area contributed by atoms with Crippen LogP contribution in [0.3, 0.4) is 0 Å². The molecule has 7 heteroatoms. The first-order valence-electron chi connectivity index (χ1n) is 19.1. The maximum absolute atomic E-state index is 5.44. The van der Waals surface area contributed by atoms with Gasteiger partial charge in [-0.1, -0.05) is 115 Å². The highest BCUT2D eigenvalue weighted by Crippen LogP contribution is 2.42. The Labute approximate surface area is 326 Å². The molecule has 0 N–H and O–H groups in total. The second-order valence-electron chi connectivity index (χ2n) is 14.3. The topological polar surface area (TPSA) is 66.3 Å². The number of pyridine rings is 2. The minimum absolute atomic E-state index is 0.639. The van der Waals surface area contributed by atoms with Crippen molar-refractivity contribution in [2.24, 2.45) is 0 Å². The van der Waals surface area contributed by atoms with Crippen LogP contribution in [0.5, 0.6) is 0 Å². The van der Waals surface area contributed by atoms with E-state index in [-0.39, 0.29) is 0 Å². The highest BCUT2D eigenvalue weighted by molar-refractivity contribution is 6.11. The van der Waals surface area contributed by atoms with Crippen LogP contribution < -0.4 is 0 Å². The predicted molar refractivity (Wildman–Crippen MR) is 232 cm³/mol. The molecule has 0 fully saturated rings. The summed E-state index contributed by atoms with van der Waals surface area (Å²) in [5, 5.41) is 6.78. The molecule has 0 aliphatic heterocycles. The molecule has 0 saturated carbocycles. The van der Waals surface area contributed by atoms with Gasteiger partial charge >= 0.3 is 0 Å². The summed E-state index contributed by atoms with van der Waals surface area (Å²) in [6.07, 6.45) is 3.75. The second kappa shape index (κ2) is 12.3. The van der Waals surface area contributed by atoms with Crippen molar-refractivity contribution in [2.75, 3.05) is 0 Å². The number of hydrogen-bond donors (Lipinski definition) is 0. The number of hydrogen-bond acceptors (Lipinski definition) is 4. The van der Waals surface area contributed by atoms with Crippen molar-refractivity contribution in [1.82, 2.24) is 33.6 Å². The fraction of sp³-hybridized carbons (Fsp3) is 0. The van der Waals surface area contributed by atoms with Crippen LogP contribution in [0.4, 0.5) is 0 Å².